The molecule has 0 saturated carbocycles. The molecule has 0 unspecified atom stereocenters. The first-order chi connectivity index (χ1) is 19.1. The lowest BCUT2D eigenvalue weighted by molar-refractivity contribution is 0.104. The number of azo groups is 1. The first-order valence-corrected chi connectivity index (χ1v) is 15.4. The van der Waals surface area contributed by atoms with E-state index in [0.29, 0.717) is 29.3 Å². The Morgan fingerprint density at radius 3 is 1.88 bits per heavy atom. The Hall–Kier alpha value is -4.32. The van der Waals surface area contributed by atoms with E-state index in [1.165, 1.54) is 18.2 Å². The van der Waals surface area contributed by atoms with Crippen LogP contribution >= 0.6 is 0 Å². The second kappa shape index (κ2) is 10.9. The van der Waals surface area contributed by atoms with Crippen molar-refractivity contribution in [3.8, 4) is 5.75 Å². The third-order valence-electron chi connectivity index (χ3n) is 5.58. The van der Waals surface area contributed by atoms with Gasteiger partial charge in [-0.2, -0.15) is 30.4 Å². The number of phenols is 1. The Balaban J connectivity index is 1.78. The van der Waals surface area contributed by atoms with Crippen molar-refractivity contribution in [1.29, 1.82) is 0 Å². The van der Waals surface area contributed by atoms with Crippen LogP contribution in [-0.4, -0.2) is 49.8 Å². The third kappa shape index (κ3) is 6.71. The molecule has 0 amide bonds. The van der Waals surface area contributed by atoms with E-state index < -0.39 is 67.3 Å². The average Bonchev–Trinajstić information content (AvgIpc) is 2.90. The number of aromatic hydroxyl groups is 1. The number of allylic oxidation sites excluding steroid dienone is 1. The molecule has 0 atom stereocenters. The lowest BCUT2D eigenvalue weighted by Gasteiger charge is -2.12. The Labute approximate surface area is 233 Å². The third-order valence-corrected chi connectivity index (χ3v) is 8.16. The quantitative estimate of drug-likeness (QED) is 0.0923. The summed E-state index contributed by atoms with van der Waals surface area (Å²) in [6.45, 7) is 0. The number of benzene rings is 4. The Bertz CT molecular complexity index is 2070. The van der Waals surface area contributed by atoms with Gasteiger partial charge in [-0.3, -0.25) is 18.5 Å². The lowest BCUT2D eigenvalue weighted by atomic mass is 10.1. The topological polar surface area (TPSA) is 225 Å². The van der Waals surface area contributed by atoms with Crippen LogP contribution in [0.4, 0.5) is 11.4 Å². The zero-order valence-electron chi connectivity index (χ0n) is 20.3. The van der Waals surface area contributed by atoms with Gasteiger partial charge in [0.2, 0.25) is 0 Å². The predicted molar refractivity (Wildman–Crippen MR) is 145 cm³/mol. The van der Waals surface area contributed by atoms with Crippen LogP contribution in [0.25, 0.3) is 16.8 Å². The summed E-state index contributed by atoms with van der Waals surface area (Å²) < 4.78 is 100. The van der Waals surface area contributed by atoms with Gasteiger partial charge in [0, 0.05) is 10.9 Å². The number of hydrogen-bond donors (Lipinski definition) is 4. The van der Waals surface area contributed by atoms with Crippen LogP contribution < -0.4 is 0 Å². The number of nitrogens with zero attached hydrogens (tertiary/aromatic N) is 2. The van der Waals surface area contributed by atoms with Crippen LogP contribution in [0.1, 0.15) is 15.9 Å². The second-order valence-corrected chi connectivity index (χ2v) is 12.6. The second-order valence-electron chi connectivity index (χ2n) is 8.37. The lowest BCUT2D eigenvalue weighted by Crippen LogP contribution is -2.06. The predicted octanol–water partition coefficient (Wildman–Crippen LogP) is 4.60. The first-order valence-electron chi connectivity index (χ1n) is 11.1. The number of fused-ring (bicyclic) bond motifs is 1. The Kier molecular flexibility index (Phi) is 7.90. The highest BCUT2D eigenvalue weighted by Gasteiger charge is 2.28. The molecule has 16 heteroatoms. The molecule has 0 aliphatic heterocycles. The molecule has 0 radical (unpaired) electrons. The molecule has 0 aliphatic rings. The van der Waals surface area contributed by atoms with Crippen molar-refractivity contribution in [2.45, 2.75) is 14.7 Å². The maximum Gasteiger partial charge on any atom is 0.296 e. The molecular formula is C25H18N2O11S3. The Morgan fingerprint density at radius 1 is 0.707 bits per heavy atom. The van der Waals surface area contributed by atoms with E-state index in [9.17, 15) is 48.8 Å². The molecule has 0 aromatic heterocycles. The summed E-state index contributed by atoms with van der Waals surface area (Å²) in [5.41, 5.74) is 0.259. The van der Waals surface area contributed by atoms with Crippen molar-refractivity contribution in [2.24, 2.45) is 10.2 Å². The summed E-state index contributed by atoms with van der Waals surface area (Å²) in [6.07, 6.45) is 2.90. The van der Waals surface area contributed by atoms with Crippen molar-refractivity contribution in [1.82, 2.24) is 0 Å². The molecule has 0 saturated heterocycles. The minimum atomic E-state index is -5.25. The summed E-state index contributed by atoms with van der Waals surface area (Å²) in [5.74, 6) is -1.42. The number of ketones is 1. The zero-order valence-corrected chi connectivity index (χ0v) is 22.8. The van der Waals surface area contributed by atoms with Crippen molar-refractivity contribution in [3.05, 3.63) is 90.0 Å². The molecule has 13 nitrogen and oxygen atoms in total. The summed E-state index contributed by atoms with van der Waals surface area (Å²) in [6, 6.07) is 16.0. The van der Waals surface area contributed by atoms with Gasteiger partial charge in [0.15, 0.2) is 11.5 Å². The van der Waals surface area contributed by atoms with Crippen molar-refractivity contribution >= 4 is 64.4 Å². The fraction of sp³-hybridized carbons (Fsp3) is 0. The van der Waals surface area contributed by atoms with Crippen LogP contribution in [0.3, 0.4) is 0 Å². The molecule has 4 rings (SSSR count). The maximum atomic E-state index is 12.2. The summed E-state index contributed by atoms with van der Waals surface area (Å²) in [4.78, 5) is 8.90. The molecule has 212 valence electrons. The highest BCUT2D eigenvalue weighted by atomic mass is 32.2. The molecule has 0 aliphatic carbocycles. The van der Waals surface area contributed by atoms with Crippen molar-refractivity contribution < 1.29 is 48.8 Å². The SMILES string of the molecule is O=C(/C=C\c1ccc(N=Nc2c(S(=O)(=O)O)cc3cc(S(=O)(=O)O)cc(S(=O)(=O)O)c3c2O)cc1)c1ccccc1. The van der Waals surface area contributed by atoms with Crippen molar-refractivity contribution in [2.75, 3.05) is 0 Å². The van der Waals surface area contributed by atoms with E-state index in [1.807, 2.05) is 0 Å². The summed E-state index contributed by atoms with van der Waals surface area (Å²) in [7, 11) is -15.5. The minimum Gasteiger partial charge on any atom is -0.505 e. The molecule has 0 fully saturated rings. The fourth-order valence-corrected chi connectivity index (χ4v) is 5.72. The number of phenolic OH excluding ortho intramolecular Hbond substituents is 1. The highest BCUT2D eigenvalue weighted by Crippen LogP contribution is 2.44. The van der Waals surface area contributed by atoms with Gasteiger partial charge in [-0.25, -0.2) is 0 Å². The molecule has 41 heavy (non-hydrogen) atoms. The normalized spacial score (nSPS) is 12.9. The molecular weight excluding hydrogens is 600 g/mol. The van der Waals surface area contributed by atoms with Gasteiger partial charge in [0.05, 0.1) is 10.6 Å². The number of hydrogen-bond acceptors (Lipinski definition) is 10. The molecule has 4 N–H and O–H groups in total. The minimum absolute atomic E-state index is 0.106. The number of carbonyl (C=O) groups excluding carboxylic acids is 1. The van der Waals surface area contributed by atoms with E-state index in [0.717, 1.165) is 0 Å². The van der Waals surface area contributed by atoms with E-state index in [2.05, 4.69) is 10.2 Å². The monoisotopic (exact) mass is 618 g/mol. The van der Waals surface area contributed by atoms with Crippen LogP contribution in [0.2, 0.25) is 0 Å². The summed E-state index contributed by atoms with van der Waals surface area (Å²) >= 11 is 0. The molecule has 4 aromatic carbocycles. The maximum absolute atomic E-state index is 12.2. The Morgan fingerprint density at radius 2 is 1.32 bits per heavy atom. The number of rotatable bonds is 8. The zero-order chi connectivity index (χ0) is 30.2. The highest BCUT2D eigenvalue weighted by molar-refractivity contribution is 7.87. The smallest absolute Gasteiger partial charge is 0.296 e. The van der Waals surface area contributed by atoms with Crippen molar-refractivity contribution in [3.63, 3.8) is 0 Å². The van der Waals surface area contributed by atoms with Gasteiger partial charge in [-0.05, 0) is 47.4 Å². The molecule has 0 spiro atoms. The van der Waals surface area contributed by atoms with E-state index in [1.54, 1.807) is 48.5 Å². The van der Waals surface area contributed by atoms with Crippen LogP contribution in [-0.2, 0) is 30.4 Å². The van der Waals surface area contributed by atoms with E-state index in [4.69, 9.17) is 0 Å². The largest absolute Gasteiger partial charge is 0.505 e. The van der Waals surface area contributed by atoms with Gasteiger partial charge in [0.25, 0.3) is 30.4 Å². The number of carbonyl (C=O) groups is 1. The van der Waals surface area contributed by atoms with Crippen LogP contribution in [0.15, 0.2) is 104 Å². The fourth-order valence-electron chi connectivity index (χ4n) is 3.70. The van der Waals surface area contributed by atoms with E-state index >= 15 is 0 Å². The van der Waals surface area contributed by atoms with Gasteiger partial charge in [0.1, 0.15) is 15.5 Å². The van der Waals surface area contributed by atoms with Crippen LogP contribution in [0.5, 0.6) is 5.75 Å². The first kappa shape index (κ1) is 29.7. The van der Waals surface area contributed by atoms with Gasteiger partial charge >= 0.3 is 0 Å². The molecule has 0 heterocycles. The summed E-state index contributed by atoms with van der Waals surface area (Å²) in [5, 5.41) is 16.9. The van der Waals surface area contributed by atoms with Gasteiger partial charge in [-0.15, -0.1) is 5.11 Å². The van der Waals surface area contributed by atoms with Gasteiger partial charge < -0.3 is 5.11 Å². The van der Waals surface area contributed by atoms with Crippen LogP contribution in [0, 0.1) is 0 Å². The van der Waals surface area contributed by atoms with Gasteiger partial charge in [-0.1, -0.05) is 48.5 Å². The van der Waals surface area contributed by atoms with E-state index in [-0.39, 0.29) is 11.5 Å². The average molecular weight is 619 g/mol. The standard InChI is InChI=1S/C25H18N2O11S3/c28-20(16-4-2-1-3-5-16)11-8-15-6-9-18(10-7-15)26-27-24-22(41(36,37)38)13-17-12-19(39(30,31)32)14-21(40(33,34)35)23(17)25(24)29/h1-14,29H,(H,30,31,32)(H,33,34,35)(H,36,37,38)/b11-8-,27-26?. The molecule has 4 aromatic rings. The molecule has 0 bridgehead atoms.